The van der Waals surface area contributed by atoms with Crippen LogP contribution in [0.4, 0.5) is 0 Å². The van der Waals surface area contributed by atoms with Crippen molar-refractivity contribution in [3.8, 4) is 5.75 Å². The van der Waals surface area contributed by atoms with Gasteiger partial charge in [-0.2, -0.15) is 0 Å². The van der Waals surface area contributed by atoms with Crippen molar-refractivity contribution >= 4 is 12.4 Å². The lowest BCUT2D eigenvalue weighted by Gasteiger charge is -2.17. The Labute approximate surface area is 133 Å². The largest absolute Gasteiger partial charge is 0.493 e. The highest BCUT2D eigenvalue weighted by Gasteiger charge is 2.12. The lowest BCUT2D eigenvalue weighted by atomic mass is 9.92. The first kappa shape index (κ1) is 17.5. The number of halogens is 1. The van der Waals surface area contributed by atoms with Crippen molar-refractivity contribution in [2.24, 2.45) is 5.73 Å². The van der Waals surface area contributed by atoms with E-state index in [1.54, 1.807) is 0 Å². The summed E-state index contributed by atoms with van der Waals surface area (Å²) in [7, 11) is 0. The number of rotatable bonds is 7. The van der Waals surface area contributed by atoms with Crippen LogP contribution in [0.3, 0.4) is 0 Å². The summed E-state index contributed by atoms with van der Waals surface area (Å²) >= 11 is 0. The molecular formula is C18H24ClNO. The van der Waals surface area contributed by atoms with Crippen LogP contribution in [0.5, 0.6) is 5.75 Å². The van der Waals surface area contributed by atoms with Gasteiger partial charge >= 0.3 is 0 Å². The molecule has 0 radical (unpaired) electrons. The first-order chi connectivity index (χ1) is 9.83. The minimum Gasteiger partial charge on any atom is -0.493 e. The van der Waals surface area contributed by atoms with E-state index in [4.69, 9.17) is 10.5 Å². The minimum atomic E-state index is 0. The molecule has 0 saturated carbocycles. The van der Waals surface area contributed by atoms with Crippen LogP contribution in [0.1, 0.15) is 36.8 Å². The summed E-state index contributed by atoms with van der Waals surface area (Å²) in [5.41, 5.74) is 8.06. The second-order valence-corrected chi connectivity index (χ2v) is 5.01. The van der Waals surface area contributed by atoms with E-state index in [1.807, 2.05) is 12.1 Å². The van der Waals surface area contributed by atoms with Crippen molar-refractivity contribution < 1.29 is 4.74 Å². The van der Waals surface area contributed by atoms with Gasteiger partial charge in [-0.05, 0) is 31.0 Å². The zero-order chi connectivity index (χ0) is 14.2. The molecule has 1 atom stereocenters. The Hall–Kier alpha value is -1.51. The summed E-state index contributed by atoms with van der Waals surface area (Å²) in [6.07, 6.45) is 2.01. The van der Waals surface area contributed by atoms with Crippen LogP contribution in [0, 0.1) is 0 Å². The summed E-state index contributed by atoms with van der Waals surface area (Å²) in [4.78, 5) is 0. The van der Waals surface area contributed by atoms with Crippen molar-refractivity contribution in [2.45, 2.75) is 25.7 Å². The first-order valence-corrected chi connectivity index (χ1v) is 7.29. The highest BCUT2D eigenvalue weighted by atomic mass is 35.5. The van der Waals surface area contributed by atoms with E-state index in [0.29, 0.717) is 5.92 Å². The van der Waals surface area contributed by atoms with Crippen LogP contribution in [-0.2, 0) is 0 Å². The molecule has 0 aliphatic heterocycles. The molecule has 0 spiro atoms. The van der Waals surface area contributed by atoms with Gasteiger partial charge in [0, 0.05) is 11.5 Å². The van der Waals surface area contributed by atoms with Crippen LogP contribution in [0.25, 0.3) is 0 Å². The fourth-order valence-corrected chi connectivity index (χ4v) is 2.32. The Bertz CT molecular complexity index is 516. The first-order valence-electron chi connectivity index (χ1n) is 7.29. The average molecular weight is 306 g/mol. The Morgan fingerprint density at radius 3 is 2.33 bits per heavy atom. The Balaban J connectivity index is 0.00000220. The fraction of sp³-hybridized carbons (Fsp3) is 0.333. The SMILES string of the molecule is CC(c1ccccc1)c1ccccc1OCCCCN.Cl. The smallest absolute Gasteiger partial charge is 0.123 e. The molecule has 2 aromatic carbocycles. The molecule has 0 aliphatic carbocycles. The Morgan fingerprint density at radius 2 is 1.62 bits per heavy atom. The second kappa shape index (κ2) is 9.43. The van der Waals surface area contributed by atoms with E-state index in [1.165, 1.54) is 11.1 Å². The van der Waals surface area contributed by atoms with Gasteiger partial charge in [0.05, 0.1) is 6.61 Å². The standard InChI is InChI=1S/C18H23NO.ClH/c1-15(16-9-3-2-4-10-16)17-11-5-6-12-18(17)20-14-8-7-13-19;/h2-6,9-12,15H,7-8,13-14,19H2,1H3;1H. The molecule has 2 nitrogen and oxygen atoms in total. The molecule has 0 aromatic heterocycles. The third-order valence-electron chi connectivity index (χ3n) is 3.54. The predicted octanol–water partition coefficient (Wildman–Crippen LogP) is 4.38. The van der Waals surface area contributed by atoms with E-state index in [2.05, 4.69) is 49.4 Å². The average Bonchev–Trinajstić information content (AvgIpc) is 2.52. The summed E-state index contributed by atoms with van der Waals surface area (Å²) in [5, 5.41) is 0. The number of nitrogens with two attached hydrogens (primary N) is 1. The number of benzene rings is 2. The van der Waals surface area contributed by atoms with Gasteiger partial charge in [0.1, 0.15) is 5.75 Å². The van der Waals surface area contributed by atoms with E-state index >= 15 is 0 Å². The van der Waals surface area contributed by atoms with Gasteiger partial charge in [0.25, 0.3) is 0 Å². The molecule has 1 unspecified atom stereocenters. The number of hydrogen-bond acceptors (Lipinski definition) is 2. The van der Waals surface area contributed by atoms with E-state index < -0.39 is 0 Å². The molecule has 0 aliphatic rings. The third kappa shape index (κ3) is 5.07. The molecule has 2 aromatic rings. The van der Waals surface area contributed by atoms with Gasteiger partial charge in [-0.15, -0.1) is 12.4 Å². The van der Waals surface area contributed by atoms with Crippen molar-refractivity contribution in [1.82, 2.24) is 0 Å². The fourth-order valence-electron chi connectivity index (χ4n) is 2.32. The zero-order valence-corrected chi connectivity index (χ0v) is 13.3. The molecule has 0 bridgehead atoms. The summed E-state index contributed by atoms with van der Waals surface area (Å²) < 4.78 is 5.93. The molecule has 0 fully saturated rings. The lowest BCUT2D eigenvalue weighted by Crippen LogP contribution is -2.06. The lowest BCUT2D eigenvalue weighted by molar-refractivity contribution is 0.304. The molecule has 3 heteroatoms. The summed E-state index contributed by atoms with van der Waals surface area (Å²) in [6, 6.07) is 18.8. The molecule has 21 heavy (non-hydrogen) atoms. The number of hydrogen-bond donors (Lipinski definition) is 1. The van der Waals surface area contributed by atoms with E-state index in [9.17, 15) is 0 Å². The maximum atomic E-state index is 5.93. The number of unbranched alkanes of at least 4 members (excludes halogenated alkanes) is 1. The molecule has 2 rings (SSSR count). The summed E-state index contributed by atoms with van der Waals surface area (Å²) in [5.74, 6) is 1.32. The number of para-hydroxylation sites is 1. The topological polar surface area (TPSA) is 35.2 Å². The molecule has 0 heterocycles. The van der Waals surface area contributed by atoms with Crippen LogP contribution >= 0.6 is 12.4 Å². The van der Waals surface area contributed by atoms with Crippen molar-refractivity contribution in [3.05, 3.63) is 65.7 Å². The molecule has 2 N–H and O–H groups in total. The molecule has 0 saturated heterocycles. The van der Waals surface area contributed by atoms with Crippen molar-refractivity contribution in [3.63, 3.8) is 0 Å². The van der Waals surface area contributed by atoms with E-state index in [-0.39, 0.29) is 12.4 Å². The highest BCUT2D eigenvalue weighted by Crippen LogP contribution is 2.31. The Morgan fingerprint density at radius 1 is 0.952 bits per heavy atom. The van der Waals surface area contributed by atoms with Gasteiger partial charge in [-0.1, -0.05) is 55.5 Å². The predicted molar refractivity (Wildman–Crippen MR) is 91.4 cm³/mol. The normalized spacial score (nSPS) is 11.5. The molecule has 0 amide bonds. The minimum absolute atomic E-state index is 0. The van der Waals surface area contributed by atoms with Crippen LogP contribution in [0.15, 0.2) is 54.6 Å². The Kier molecular flexibility index (Phi) is 7.88. The van der Waals surface area contributed by atoms with Crippen LogP contribution in [0.2, 0.25) is 0 Å². The third-order valence-corrected chi connectivity index (χ3v) is 3.54. The molecular weight excluding hydrogens is 282 g/mol. The highest BCUT2D eigenvalue weighted by molar-refractivity contribution is 5.85. The van der Waals surface area contributed by atoms with E-state index in [0.717, 1.165) is 31.7 Å². The van der Waals surface area contributed by atoms with Gasteiger partial charge in [0.15, 0.2) is 0 Å². The van der Waals surface area contributed by atoms with Gasteiger partial charge in [-0.25, -0.2) is 0 Å². The second-order valence-electron chi connectivity index (χ2n) is 5.01. The monoisotopic (exact) mass is 305 g/mol. The van der Waals surface area contributed by atoms with Crippen LogP contribution < -0.4 is 10.5 Å². The van der Waals surface area contributed by atoms with Crippen LogP contribution in [-0.4, -0.2) is 13.2 Å². The van der Waals surface area contributed by atoms with Gasteiger partial charge < -0.3 is 10.5 Å². The summed E-state index contributed by atoms with van der Waals surface area (Å²) in [6.45, 7) is 3.68. The maximum absolute atomic E-state index is 5.93. The van der Waals surface area contributed by atoms with Gasteiger partial charge in [0.2, 0.25) is 0 Å². The molecule has 114 valence electrons. The number of ether oxygens (including phenoxy) is 1. The van der Waals surface area contributed by atoms with Gasteiger partial charge in [-0.3, -0.25) is 0 Å². The van der Waals surface area contributed by atoms with Crippen molar-refractivity contribution in [1.29, 1.82) is 0 Å². The van der Waals surface area contributed by atoms with Crippen molar-refractivity contribution in [2.75, 3.05) is 13.2 Å². The maximum Gasteiger partial charge on any atom is 0.123 e. The zero-order valence-electron chi connectivity index (χ0n) is 12.5. The quantitative estimate of drug-likeness (QED) is 0.771.